The second kappa shape index (κ2) is 9.14. The maximum Gasteiger partial charge on any atom is 0.223 e. The van der Waals surface area contributed by atoms with E-state index in [2.05, 4.69) is 15.6 Å². The molecule has 0 aliphatic carbocycles. The summed E-state index contributed by atoms with van der Waals surface area (Å²) in [5.74, 6) is 0.350. The van der Waals surface area contributed by atoms with Crippen LogP contribution in [0.2, 0.25) is 0 Å². The highest BCUT2D eigenvalue weighted by molar-refractivity contribution is 5.85. The van der Waals surface area contributed by atoms with Gasteiger partial charge in [0.25, 0.3) is 0 Å². The molecule has 2 N–H and O–H groups in total. The van der Waals surface area contributed by atoms with Crippen molar-refractivity contribution in [3.63, 3.8) is 0 Å². The number of hydrogen-bond acceptors (Lipinski definition) is 3. The first-order valence-corrected chi connectivity index (χ1v) is 5.73. The van der Waals surface area contributed by atoms with Gasteiger partial charge in [-0.2, -0.15) is 0 Å². The van der Waals surface area contributed by atoms with E-state index in [1.807, 2.05) is 12.1 Å². The summed E-state index contributed by atoms with van der Waals surface area (Å²) < 4.78 is 0. The van der Waals surface area contributed by atoms with Gasteiger partial charge in [0, 0.05) is 24.9 Å². The van der Waals surface area contributed by atoms with Crippen LogP contribution < -0.4 is 10.6 Å². The fourth-order valence-electron chi connectivity index (χ4n) is 1.92. The molecule has 0 aromatic carbocycles. The maximum atomic E-state index is 11.8. The maximum absolute atomic E-state index is 11.8. The number of amides is 1. The van der Waals surface area contributed by atoms with Crippen molar-refractivity contribution in [2.24, 2.45) is 5.92 Å². The van der Waals surface area contributed by atoms with E-state index in [0.29, 0.717) is 6.54 Å². The number of piperidine rings is 1. The standard InChI is InChI=1S/C12H17N3O.2ClH/c16-12(11-3-6-13-7-4-11)15-9-10-2-1-5-14-8-10;;/h1-2,5,8,11,13H,3-4,6-7,9H2,(H,15,16);2*1H. The van der Waals surface area contributed by atoms with Gasteiger partial charge in [-0.1, -0.05) is 6.07 Å². The van der Waals surface area contributed by atoms with Crippen LogP contribution in [0, 0.1) is 5.92 Å². The van der Waals surface area contributed by atoms with E-state index >= 15 is 0 Å². The first kappa shape index (κ1) is 17.2. The molecular formula is C12H19Cl2N3O. The van der Waals surface area contributed by atoms with Gasteiger partial charge in [0.1, 0.15) is 0 Å². The van der Waals surface area contributed by atoms with Crippen LogP contribution in [0.1, 0.15) is 18.4 Å². The van der Waals surface area contributed by atoms with Crippen molar-refractivity contribution in [2.75, 3.05) is 13.1 Å². The van der Waals surface area contributed by atoms with Crippen LogP contribution in [0.25, 0.3) is 0 Å². The zero-order chi connectivity index (χ0) is 11.2. The Bertz CT molecular complexity index is 342. The number of halogens is 2. The molecule has 0 spiro atoms. The molecule has 1 amide bonds. The molecule has 2 heterocycles. The van der Waals surface area contributed by atoms with Gasteiger partial charge in [0.2, 0.25) is 5.91 Å². The van der Waals surface area contributed by atoms with E-state index in [4.69, 9.17) is 0 Å². The molecule has 0 bridgehead atoms. The molecule has 0 atom stereocenters. The highest BCUT2D eigenvalue weighted by Crippen LogP contribution is 2.11. The van der Waals surface area contributed by atoms with Crippen LogP contribution >= 0.6 is 24.8 Å². The number of aromatic nitrogens is 1. The SMILES string of the molecule is Cl.Cl.O=C(NCc1cccnc1)C1CCNCC1. The molecule has 1 aromatic heterocycles. The third-order valence-corrected chi connectivity index (χ3v) is 2.90. The smallest absolute Gasteiger partial charge is 0.223 e. The fourth-order valence-corrected chi connectivity index (χ4v) is 1.92. The topological polar surface area (TPSA) is 54.0 Å². The summed E-state index contributed by atoms with van der Waals surface area (Å²) in [6.07, 6.45) is 5.40. The van der Waals surface area contributed by atoms with Crippen molar-refractivity contribution < 1.29 is 4.79 Å². The van der Waals surface area contributed by atoms with Gasteiger partial charge < -0.3 is 10.6 Å². The van der Waals surface area contributed by atoms with Crippen LogP contribution in [-0.2, 0) is 11.3 Å². The monoisotopic (exact) mass is 291 g/mol. The summed E-state index contributed by atoms with van der Waals surface area (Å²) in [6, 6.07) is 3.85. The number of nitrogens with zero attached hydrogens (tertiary/aromatic N) is 1. The summed E-state index contributed by atoms with van der Waals surface area (Å²) in [5, 5.41) is 6.22. The van der Waals surface area contributed by atoms with Crippen molar-refractivity contribution in [2.45, 2.75) is 19.4 Å². The van der Waals surface area contributed by atoms with Gasteiger partial charge in [0.15, 0.2) is 0 Å². The van der Waals surface area contributed by atoms with E-state index in [-0.39, 0.29) is 36.6 Å². The van der Waals surface area contributed by atoms with E-state index in [1.165, 1.54) is 0 Å². The molecule has 0 radical (unpaired) electrons. The van der Waals surface area contributed by atoms with Crippen molar-refractivity contribution in [3.05, 3.63) is 30.1 Å². The lowest BCUT2D eigenvalue weighted by Gasteiger charge is -2.21. The average molecular weight is 292 g/mol. The predicted octanol–water partition coefficient (Wildman–Crippen LogP) is 1.54. The summed E-state index contributed by atoms with van der Waals surface area (Å²) in [6.45, 7) is 2.48. The summed E-state index contributed by atoms with van der Waals surface area (Å²) in [5.41, 5.74) is 1.05. The lowest BCUT2D eigenvalue weighted by molar-refractivity contribution is -0.125. The van der Waals surface area contributed by atoms with Crippen molar-refractivity contribution in [1.82, 2.24) is 15.6 Å². The molecule has 1 aliphatic heterocycles. The molecule has 4 nitrogen and oxygen atoms in total. The van der Waals surface area contributed by atoms with E-state index < -0.39 is 0 Å². The number of hydrogen-bond donors (Lipinski definition) is 2. The second-order valence-electron chi connectivity index (χ2n) is 4.10. The summed E-state index contributed by atoms with van der Waals surface area (Å²) in [7, 11) is 0. The number of pyridine rings is 1. The molecule has 2 rings (SSSR count). The molecule has 6 heteroatoms. The molecule has 1 aromatic rings. The third kappa shape index (κ3) is 5.21. The lowest BCUT2D eigenvalue weighted by atomic mass is 9.97. The highest BCUT2D eigenvalue weighted by Gasteiger charge is 2.20. The Kier molecular flexibility index (Phi) is 8.71. The normalized spacial score (nSPS) is 15.1. The summed E-state index contributed by atoms with van der Waals surface area (Å²) in [4.78, 5) is 15.8. The molecular weight excluding hydrogens is 273 g/mol. The van der Waals surface area contributed by atoms with Crippen LogP contribution in [0.4, 0.5) is 0 Å². The number of rotatable bonds is 3. The number of carbonyl (C=O) groups excluding carboxylic acids is 1. The second-order valence-corrected chi connectivity index (χ2v) is 4.10. The molecule has 18 heavy (non-hydrogen) atoms. The van der Waals surface area contributed by atoms with E-state index in [0.717, 1.165) is 31.5 Å². The Morgan fingerprint density at radius 2 is 2.11 bits per heavy atom. The van der Waals surface area contributed by atoms with Crippen molar-refractivity contribution in [1.29, 1.82) is 0 Å². The van der Waals surface area contributed by atoms with Gasteiger partial charge in [0.05, 0.1) is 0 Å². The van der Waals surface area contributed by atoms with Gasteiger partial charge in [-0.15, -0.1) is 24.8 Å². The fraction of sp³-hybridized carbons (Fsp3) is 0.500. The Labute approximate surface area is 120 Å². The quantitative estimate of drug-likeness (QED) is 0.888. The first-order valence-electron chi connectivity index (χ1n) is 5.73. The largest absolute Gasteiger partial charge is 0.352 e. The first-order chi connectivity index (χ1) is 7.86. The van der Waals surface area contributed by atoms with Gasteiger partial charge in [-0.25, -0.2) is 0 Å². The lowest BCUT2D eigenvalue weighted by Crippen LogP contribution is -2.37. The molecule has 1 fully saturated rings. The van der Waals surface area contributed by atoms with Crippen LogP contribution in [0.5, 0.6) is 0 Å². The van der Waals surface area contributed by atoms with Crippen molar-refractivity contribution >= 4 is 30.7 Å². The van der Waals surface area contributed by atoms with E-state index in [1.54, 1.807) is 12.4 Å². The zero-order valence-electron chi connectivity index (χ0n) is 10.1. The third-order valence-electron chi connectivity index (χ3n) is 2.90. The average Bonchev–Trinajstić information content (AvgIpc) is 2.38. The van der Waals surface area contributed by atoms with Crippen molar-refractivity contribution in [3.8, 4) is 0 Å². The Morgan fingerprint density at radius 1 is 1.39 bits per heavy atom. The minimum absolute atomic E-state index is 0. The minimum Gasteiger partial charge on any atom is -0.352 e. The Hall–Kier alpha value is -0.840. The summed E-state index contributed by atoms with van der Waals surface area (Å²) >= 11 is 0. The van der Waals surface area contributed by atoms with Gasteiger partial charge in [-0.3, -0.25) is 9.78 Å². The minimum atomic E-state index is 0. The molecule has 1 saturated heterocycles. The molecule has 0 saturated carbocycles. The Balaban J connectivity index is 0.00000144. The van der Waals surface area contributed by atoms with Crippen LogP contribution in [0.15, 0.2) is 24.5 Å². The van der Waals surface area contributed by atoms with Crippen LogP contribution in [0.3, 0.4) is 0 Å². The highest BCUT2D eigenvalue weighted by atomic mass is 35.5. The van der Waals surface area contributed by atoms with Crippen LogP contribution in [-0.4, -0.2) is 24.0 Å². The number of nitrogens with one attached hydrogen (secondary N) is 2. The molecule has 102 valence electrons. The van der Waals surface area contributed by atoms with E-state index in [9.17, 15) is 4.79 Å². The number of carbonyl (C=O) groups is 1. The molecule has 0 unspecified atom stereocenters. The van der Waals surface area contributed by atoms with Gasteiger partial charge >= 0.3 is 0 Å². The Morgan fingerprint density at radius 3 is 2.72 bits per heavy atom. The predicted molar refractivity (Wildman–Crippen MR) is 76.2 cm³/mol. The van der Waals surface area contributed by atoms with Gasteiger partial charge in [-0.05, 0) is 37.6 Å². The molecule has 1 aliphatic rings. The zero-order valence-corrected chi connectivity index (χ0v) is 11.7.